The minimum absolute atomic E-state index is 0.0687. The van der Waals surface area contributed by atoms with Crippen molar-refractivity contribution in [2.45, 2.75) is 13.3 Å². The first-order valence-electron chi connectivity index (χ1n) is 9.09. The predicted molar refractivity (Wildman–Crippen MR) is 121 cm³/mol. The van der Waals surface area contributed by atoms with Gasteiger partial charge in [-0.15, -0.1) is 11.3 Å². The Kier molecular flexibility index (Phi) is 5.60. The van der Waals surface area contributed by atoms with Gasteiger partial charge in [-0.05, 0) is 64.8 Å². The summed E-state index contributed by atoms with van der Waals surface area (Å²) in [4.78, 5) is 32.9. The maximum Gasteiger partial charge on any atom is 0.244 e. The number of hydrogen-bond donors (Lipinski definition) is 1. The summed E-state index contributed by atoms with van der Waals surface area (Å²) in [5.74, 6) is -0.404. The van der Waals surface area contributed by atoms with Gasteiger partial charge in [0, 0.05) is 5.69 Å². The van der Waals surface area contributed by atoms with E-state index in [0.29, 0.717) is 22.8 Å². The Morgan fingerprint density at radius 1 is 1.17 bits per heavy atom. The molecule has 0 unspecified atom stereocenters. The molecule has 3 aromatic rings. The number of anilines is 2. The van der Waals surface area contributed by atoms with E-state index in [1.807, 2.05) is 67.6 Å². The van der Waals surface area contributed by atoms with Gasteiger partial charge in [0.15, 0.2) is 0 Å². The van der Waals surface area contributed by atoms with Crippen LogP contribution in [0.5, 0.6) is 0 Å². The number of halogens is 1. The molecule has 2 heterocycles. The average Bonchev–Trinajstić information content (AvgIpc) is 3.07. The molecule has 1 aliphatic rings. The van der Waals surface area contributed by atoms with E-state index in [-0.39, 0.29) is 24.8 Å². The van der Waals surface area contributed by atoms with Crippen LogP contribution >= 0.6 is 27.3 Å². The molecule has 4 rings (SSSR count). The van der Waals surface area contributed by atoms with E-state index in [2.05, 4.69) is 21.2 Å². The number of fused-ring (bicyclic) bond motifs is 1. The molecule has 0 saturated carbocycles. The van der Waals surface area contributed by atoms with E-state index in [9.17, 15) is 9.59 Å². The fourth-order valence-corrected chi connectivity index (χ4v) is 4.57. The Bertz CT molecular complexity index is 1120. The Labute approximate surface area is 181 Å². The third-order valence-electron chi connectivity index (χ3n) is 4.51. The van der Waals surface area contributed by atoms with Gasteiger partial charge in [0.05, 0.1) is 32.2 Å². The fourth-order valence-electron chi connectivity index (χ4n) is 3.20. The highest BCUT2D eigenvalue weighted by atomic mass is 79.9. The van der Waals surface area contributed by atoms with Crippen LogP contribution in [-0.2, 0) is 9.59 Å². The normalized spacial score (nSPS) is 13.5. The SMILES string of the molecule is Cc1cccc(NC(=O)CN2C(=O)CC(c3ccc(Br)s3)=Nc3ccccc32)c1. The first-order valence-corrected chi connectivity index (χ1v) is 10.7. The van der Waals surface area contributed by atoms with Crippen LogP contribution in [0.3, 0.4) is 0 Å². The van der Waals surface area contributed by atoms with E-state index in [1.54, 1.807) is 0 Å². The zero-order chi connectivity index (χ0) is 20.4. The molecular formula is C22H18BrN3O2S. The van der Waals surface area contributed by atoms with Crippen molar-refractivity contribution in [1.29, 1.82) is 0 Å². The summed E-state index contributed by atoms with van der Waals surface area (Å²) in [6, 6.07) is 18.9. The molecule has 2 amide bonds. The van der Waals surface area contributed by atoms with Crippen molar-refractivity contribution in [2.24, 2.45) is 4.99 Å². The second-order valence-electron chi connectivity index (χ2n) is 6.73. The van der Waals surface area contributed by atoms with Crippen molar-refractivity contribution >= 4 is 61.9 Å². The van der Waals surface area contributed by atoms with Gasteiger partial charge in [0.25, 0.3) is 0 Å². The average molecular weight is 468 g/mol. The van der Waals surface area contributed by atoms with Gasteiger partial charge in [0.2, 0.25) is 11.8 Å². The Balaban J connectivity index is 1.60. The van der Waals surface area contributed by atoms with Gasteiger partial charge >= 0.3 is 0 Å². The summed E-state index contributed by atoms with van der Waals surface area (Å²) in [6.07, 6.45) is 0.138. The third-order valence-corrected chi connectivity index (χ3v) is 6.18. The lowest BCUT2D eigenvalue weighted by Crippen LogP contribution is -2.38. The number of amides is 2. The van der Waals surface area contributed by atoms with Gasteiger partial charge < -0.3 is 10.2 Å². The van der Waals surface area contributed by atoms with Crippen LogP contribution in [0.25, 0.3) is 0 Å². The van der Waals surface area contributed by atoms with Crippen molar-refractivity contribution in [2.75, 3.05) is 16.8 Å². The monoisotopic (exact) mass is 467 g/mol. The molecule has 0 bridgehead atoms. The third kappa shape index (κ3) is 4.46. The summed E-state index contributed by atoms with van der Waals surface area (Å²) in [6.45, 7) is 1.90. The number of carbonyl (C=O) groups is 2. The molecule has 5 nitrogen and oxygen atoms in total. The minimum Gasteiger partial charge on any atom is -0.325 e. The second kappa shape index (κ2) is 8.31. The molecule has 146 valence electrons. The highest BCUT2D eigenvalue weighted by molar-refractivity contribution is 9.11. The van der Waals surface area contributed by atoms with Crippen LogP contribution < -0.4 is 10.2 Å². The van der Waals surface area contributed by atoms with Gasteiger partial charge in [-0.3, -0.25) is 9.59 Å². The number of nitrogens with zero attached hydrogens (tertiary/aromatic N) is 2. The molecule has 0 spiro atoms. The molecule has 0 radical (unpaired) electrons. The molecule has 0 aliphatic carbocycles. The molecule has 0 saturated heterocycles. The van der Waals surface area contributed by atoms with Crippen LogP contribution in [0.1, 0.15) is 16.9 Å². The predicted octanol–water partition coefficient (Wildman–Crippen LogP) is 5.32. The van der Waals surface area contributed by atoms with Crippen molar-refractivity contribution in [1.82, 2.24) is 0 Å². The maximum absolute atomic E-state index is 13.1. The number of para-hydroxylation sites is 2. The Hall–Kier alpha value is -2.77. The molecule has 0 atom stereocenters. The molecule has 7 heteroatoms. The highest BCUT2D eigenvalue weighted by Crippen LogP contribution is 2.34. The van der Waals surface area contributed by atoms with Gasteiger partial charge in [0.1, 0.15) is 6.54 Å². The summed E-state index contributed by atoms with van der Waals surface area (Å²) < 4.78 is 0.981. The number of benzene rings is 2. The van der Waals surface area contributed by atoms with Crippen LogP contribution in [0.4, 0.5) is 17.1 Å². The molecule has 29 heavy (non-hydrogen) atoms. The van der Waals surface area contributed by atoms with E-state index >= 15 is 0 Å². The first kappa shape index (κ1) is 19.5. The highest BCUT2D eigenvalue weighted by Gasteiger charge is 2.27. The van der Waals surface area contributed by atoms with Crippen molar-refractivity contribution in [3.63, 3.8) is 0 Å². The molecule has 1 N–H and O–H groups in total. The van der Waals surface area contributed by atoms with Crippen LogP contribution in [-0.4, -0.2) is 24.1 Å². The van der Waals surface area contributed by atoms with Crippen LogP contribution in [0.15, 0.2) is 69.4 Å². The number of carbonyl (C=O) groups excluding carboxylic acids is 2. The van der Waals surface area contributed by atoms with E-state index in [4.69, 9.17) is 4.99 Å². The standard InChI is InChI=1S/C22H18BrN3O2S/c1-14-5-4-6-15(11-14)24-21(27)13-26-18-8-3-2-7-16(18)25-17(12-22(26)28)19-9-10-20(23)29-19/h2-11H,12-13H2,1H3,(H,24,27). The zero-order valence-electron chi connectivity index (χ0n) is 15.7. The second-order valence-corrected chi connectivity index (χ2v) is 9.19. The largest absolute Gasteiger partial charge is 0.325 e. The van der Waals surface area contributed by atoms with Crippen molar-refractivity contribution in [3.05, 3.63) is 74.9 Å². The number of hydrogen-bond acceptors (Lipinski definition) is 4. The maximum atomic E-state index is 13.1. The number of aliphatic imine (C=N–C) groups is 1. The summed E-state index contributed by atoms with van der Waals surface area (Å²) in [7, 11) is 0. The van der Waals surface area contributed by atoms with Gasteiger partial charge in [-0.2, -0.15) is 0 Å². The minimum atomic E-state index is -0.249. The Morgan fingerprint density at radius 2 is 2.00 bits per heavy atom. The number of rotatable bonds is 4. The molecular weight excluding hydrogens is 450 g/mol. The summed E-state index contributed by atoms with van der Waals surface area (Å²) >= 11 is 5.00. The molecule has 1 aromatic heterocycles. The molecule has 2 aromatic carbocycles. The van der Waals surface area contributed by atoms with E-state index < -0.39 is 0 Å². The summed E-state index contributed by atoms with van der Waals surface area (Å²) in [5.41, 5.74) is 3.80. The van der Waals surface area contributed by atoms with E-state index in [0.717, 1.165) is 14.2 Å². The zero-order valence-corrected chi connectivity index (χ0v) is 18.1. The quantitative estimate of drug-likeness (QED) is 0.564. The lowest BCUT2D eigenvalue weighted by Gasteiger charge is -2.22. The lowest BCUT2D eigenvalue weighted by molar-refractivity contribution is -0.120. The smallest absolute Gasteiger partial charge is 0.244 e. The van der Waals surface area contributed by atoms with E-state index in [1.165, 1.54) is 16.2 Å². The lowest BCUT2D eigenvalue weighted by atomic mass is 10.2. The van der Waals surface area contributed by atoms with Gasteiger partial charge in [-0.1, -0.05) is 24.3 Å². The number of thiophene rings is 1. The van der Waals surface area contributed by atoms with Crippen LogP contribution in [0.2, 0.25) is 0 Å². The topological polar surface area (TPSA) is 61.8 Å². The van der Waals surface area contributed by atoms with Crippen molar-refractivity contribution < 1.29 is 9.59 Å². The Morgan fingerprint density at radius 3 is 2.76 bits per heavy atom. The number of aryl methyl sites for hydroxylation is 1. The van der Waals surface area contributed by atoms with Crippen molar-refractivity contribution in [3.8, 4) is 0 Å². The summed E-state index contributed by atoms with van der Waals surface area (Å²) in [5, 5.41) is 2.87. The molecule has 1 aliphatic heterocycles. The number of nitrogens with one attached hydrogen (secondary N) is 1. The fraction of sp³-hybridized carbons (Fsp3) is 0.136. The first-order chi connectivity index (χ1) is 14.0. The molecule has 0 fully saturated rings. The van der Waals surface area contributed by atoms with Gasteiger partial charge in [-0.25, -0.2) is 4.99 Å². The van der Waals surface area contributed by atoms with Crippen LogP contribution in [0, 0.1) is 6.92 Å².